The molecule has 3 rings (SSSR count). The molecule has 1 aromatic rings. The summed E-state index contributed by atoms with van der Waals surface area (Å²) >= 11 is 0. The fourth-order valence-corrected chi connectivity index (χ4v) is 4.29. The van der Waals surface area contributed by atoms with Gasteiger partial charge in [0.2, 0.25) is 0 Å². The van der Waals surface area contributed by atoms with Crippen LogP contribution in [0.1, 0.15) is 82.1 Å². The molecule has 2 unspecified atom stereocenters. The van der Waals surface area contributed by atoms with Gasteiger partial charge in [-0.15, -0.1) is 0 Å². The quantitative estimate of drug-likeness (QED) is 0.701. The van der Waals surface area contributed by atoms with Crippen molar-refractivity contribution in [2.45, 2.75) is 83.9 Å². The van der Waals surface area contributed by atoms with E-state index in [-0.39, 0.29) is 29.9 Å². The van der Waals surface area contributed by atoms with Crippen molar-refractivity contribution in [3.63, 3.8) is 0 Å². The zero-order valence-corrected chi connectivity index (χ0v) is 16.6. The number of carbonyl (C=O) groups is 2. The SMILES string of the molecule is CC(C)c1cccc(C(=O)C2CC3CCC(C2)N3C(=O)OC(C)(C)C)c1. The lowest BCUT2D eigenvalue weighted by Crippen LogP contribution is -2.49. The molecule has 0 aromatic heterocycles. The highest BCUT2D eigenvalue weighted by atomic mass is 16.6. The van der Waals surface area contributed by atoms with Crippen LogP contribution >= 0.6 is 0 Å². The van der Waals surface area contributed by atoms with Gasteiger partial charge in [-0.2, -0.15) is 0 Å². The molecule has 4 nitrogen and oxygen atoms in total. The first-order chi connectivity index (χ1) is 12.2. The Morgan fingerprint density at radius 2 is 1.73 bits per heavy atom. The molecule has 2 atom stereocenters. The Labute approximate surface area is 156 Å². The fourth-order valence-electron chi connectivity index (χ4n) is 4.29. The standard InChI is InChI=1S/C22H31NO3/c1-14(2)15-7-6-8-16(11-15)20(24)17-12-18-9-10-19(13-17)23(18)21(25)26-22(3,4)5/h6-8,11,14,17-19H,9-10,12-13H2,1-5H3. The predicted molar refractivity (Wildman–Crippen MR) is 102 cm³/mol. The van der Waals surface area contributed by atoms with Crippen LogP contribution in [0.15, 0.2) is 24.3 Å². The monoisotopic (exact) mass is 357 g/mol. The van der Waals surface area contributed by atoms with Crippen molar-refractivity contribution in [1.29, 1.82) is 0 Å². The molecule has 0 spiro atoms. The summed E-state index contributed by atoms with van der Waals surface area (Å²) in [5.41, 5.74) is 1.52. The van der Waals surface area contributed by atoms with E-state index in [4.69, 9.17) is 4.74 Å². The Morgan fingerprint density at radius 1 is 1.12 bits per heavy atom. The highest BCUT2D eigenvalue weighted by Gasteiger charge is 2.46. The third-order valence-electron chi connectivity index (χ3n) is 5.55. The summed E-state index contributed by atoms with van der Waals surface area (Å²) in [7, 11) is 0. The van der Waals surface area contributed by atoms with E-state index in [0.717, 1.165) is 31.2 Å². The number of amides is 1. The van der Waals surface area contributed by atoms with Crippen LogP contribution in [0.25, 0.3) is 0 Å². The number of benzene rings is 1. The van der Waals surface area contributed by atoms with E-state index in [9.17, 15) is 9.59 Å². The molecule has 2 fully saturated rings. The smallest absolute Gasteiger partial charge is 0.410 e. The second-order valence-corrected chi connectivity index (χ2v) is 9.09. The highest BCUT2D eigenvalue weighted by molar-refractivity contribution is 5.98. The molecule has 4 heteroatoms. The van der Waals surface area contributed by atoms with Gasteiger partial charge >= 0.3 is 6.09 Å². The second kappa shape index (κ2) is 7.05. The Bertz CT molecular complexity index is 675. The van der Waals surface area contributed by atoms with Gasteiger partial charge in [0, 0.05) is 23.6 Å². The molecule has 1 amide bonds. The summed E-state index contributed by atoms with van der Waals surface area (Å²) in [6.45, 7) is 9.96. The van der Waals surface area contributed by atoms with Gasteiger partial charge in [-0.05, 0) is 64.0 Å². The molecule has 2 saturated heterocycles. The van der Waals surface area contributed by atoms with E-state index in [1.54, 1.807) is 0 Å². The topological polar surface area (TPSA) is 46.6 Å². The number of rotatable bonds is 3. The second-order valence-electron chi connectivity index (χ2n) is 9.09. The first-order valence-electron chi connectivity index (χ1n) is 9.81. The van der Waals surface area contributed by atoms with Crippen molar-refractivity contribution >= 4 is 11.9 Å². The molecule has 142 valence electrons. The van der Waals surface area contributed by atoms with E-state index in [1.807, 2.05) is 43.9 Å². The zero-order chi connectivity index (χ0) is 19.1. The number of Topliss-reactive ketones (excluding diaryl/α,β-unsaturated/α-hetero) is 1. The van der Waals surface area contributed by atoms with Crippen molar-refractivity contribution in [3.8, 4) is 0 Å². The third kappa shape index (κ3) is 3.94. The average molecular weight is 357 g/mol. The van der Waals surface area contributed by atoms with Crippen LogP contribution in [0.5, 0.6) is 0 Å². The zero-order valence-electron chi connectivity index (χ0n) is 16.6. The summed E-state index contributed by atoms with van der Waals surface area (Å²) < 4.78 is 5.58. The number of hydrogen-bond acceptors (Lipinski definition) is 3. The minimum Gasteiger partial charge on any atom is -0.444 e. The number of hydrogen-bond donors (Lipinski definition) is 0. The molecule has 0 radical (unpaired) electrons. The molecule has 2 aliphatic rings. The summed E-state index contributed by atoms with van der Waals surface area (Å²) in [6, 6.07) is 8.28. The number of carbonyl (C=O) groups excluding carboxylic acids is 2. The van der Waals surface area contributed by atoms with Crippen LogP contribution in [-0.4, -0.2) is 34.5 Å². The lowest BCUT2D eigenvalue weighted by atomic mass is 9.84. The molecule has 26 heavy (non-hydrogen) atoms. The molecule has 1 aromatic carbocycles. The van der Waals surface area contributed by atoms with Crippen molar-refractivity contribution in [2.75, 3.05) is 0 Å². The molecule has 2 heterocycles. The lowest BCUT2D eigenvalue weighted by Gasteiger charge is -2.39. The summed E-state index contributed by atoms with van der Waals surface area (Å²) in [5, 5.41) is 0. The van der Waals surface area contributed by atoms with Crippen LogP contribution in [0, 0.1) is 5.92 Å². The number of fused-ring (bicyclic) bond motifs is 2. The Hall–Kier alpha value is -1.84. The van der Waals surface area contributed by atoms with E-state index >= 15 is 0 Å². The van der Waals surface area contributed by atoms with Gasteiger partial charge in [0.1, 0.15) is 5.60 Å². The molecule has 2 bridgehead atoms. The minimum absolute atomic E-state index is 0.00796. The molecule has 0 N–H and O–H groups in total. The maximum atomic E-state index is 13.1. The Balaban J connectivity index is 1.71. The molecule has 0 saturated carbocycles. The highest BCUT2D eigenvalue weighted by Crippen LogP contribution is 2.40. The molecule has 0 aliphatic carbocycles. The van der Waals surface area contributed by atoms with Crippen LogP contribution in [0.3, 0.4) is 0 Å². The van der Waals surface area contributed by atoms with Gasteiger partial charge in [-0.1, -0.05) is 32.0 Å². The largest absolute Gasteiger partial charge is 0.444 e. The van der Waals surface area contributed by atoms with Gasteiger partial charge in [0.05, 0.1) is 0 Å². The van der Waals surface area contributed by atoms with Gasteiger partial charge in [0.25, 0.3) is 0 Å². The van der Waals surface area contributed by atoms with Gasteiger partial charge in [-0.25, -0.2) is 4.79 Å². The normalized spacial score (nSPS) is 25.5. The average Bonchev–Trinajstić information content (AvgIpc) is 2.83. The van der Waals surface area contributed by atoms with Crippen LogP contribution in [-0.2, 0) is 4.74 Å². The van der Waals surface area contributed by atoms with E-state index in [2.05, 4.69) is 19.9 Å². The first-order valence-corrected chi connectivity index (χ1v) is 9.81. The van der Waals surface area contributed by atoms with Gasteiger partial charge < -0.3 is 9.64 Å². The third-order valence-corrected chi connectivity index (χ3v) is 5.55. The van der Waals surface area contributed by atoms with E-state index < -0.39 is 5.60 Å². The van der Waals surface area contributed by atoms with Crippen molar-refractivity contribution in [2.24, 2.45) is 5.92 Å². The summed E-state index contributed by atoms with van der Waals surface area (Å²) in [4.78, 5) is 27.5. The molecular weight excluding hydrogens is 326 g/mol. The lowest BCUT2D eigenvalue weighted by molar-refractivity contribution is 0.00254. The van der Waals surface area contributed by atoms with Crippen LogP contribution in [0.2, 0.25) is 0 Å². The maximum absolute atomic E-state index is 13.1. The van der Waals surface area contributed by atoms with E-state index in [0.29, 0.717) is 5.92 Å². The number of ketones is 1. The van der Waals surface area contributed by atoms with Crippen LogP contribution in [0.4, 0.5) is 4.79 Å². The van der Waals surface area contributed by atoms with Crippen molar-refractivity contribution < 1.29 is 14.3 Å². The number of ether oxygens (including phenoxy) is 1. The fraction of sp³-hybridized carbons (Fsp3) is 0.636. The summed E-state index contributed by atoms with van der Waals surface area (Å²) in [6.07, 6.45) is 3.22. The van der Waals surface area contributed by atoms with Gasteiger partial charge in [0.15, 0.2) is 5.78 Å². The van der Waals surface area contributed by atoms with Crippen molar-refractivity contribution in [3.05, 3.63) is 35.4 Å². The molecule has 2 aliphatic heterocycles. The first kappa shape index (κ1) is 18.9. The Kier molecular flexibility index (Phi) is 5.14. The maximum Gasteiger partial charge on any atom is 0.410 e. The summed E-state index contributed by atoms with van der Waals surface area (Å²) in [5.74, 6) is 0.648. The van der Waals surface area contributed by atoms with Crippen LogP contribution < -0.4 is 0 Å². The van der Waals surface area contributed by atoms with E-state index in [1.165, 1.54) is 5.56 Å². The Morgan fingerprint density at radius 3 is 2.27 bits per heavy atom. The molecular formula is C22H31NO3. The van der Waals surface area contributed by atoms with Gasteiger partial charge in [-0.3, -0.25) is 4.79 Å². The number of nitrogens with zero attached hydrogens (tertiary/aromatic N) is 1. The van der Waals surface area contributed by atoms with Crippen molar-refractivity contribution in [1.82, 2.24) is 4.90 Å². The number of piperidine rings is 1. The predicted octanol–water partition coefficient (Wildman–Crippen LogP) is 5.17. The minimum atomic E-state index is -0.486.